The van der Waals surface area contributed by atoms with Crippen molar-refractivity contribution in [1.29, 1.82) is 0 Å². The van der Waals surface area contributed by atoms with E-state index >= 15 is 8.78 Å². The largest absolute Gasteiger partial charge is 0.573 e. The monoisotopic (exact) mass is 486 g/mol. The molecule has 1 fully saturated rings. The van der Waals surface area contributed by atoms with Crippen LogP contribution in [0.3, 0.4) is 0 Å². The number of benzene rings is 2. The maximum Gasteiger partial charge on any atom is 0.573 e. The fourth-order valence-corrected chi connectivity index (χ4v) is 5.26. The molecule has 0 amide bonds. The van der Waals surface area contributed by atoms with E-state index in [9.17, 15) is 22.0 Å². The van der Waals surface area contributed by atoms with Crippen molar-refractivity contribution in [3.63, 3.8) is 0 Å². The summed E-state index contributed by atoms with van der Waals surface area (Å²) in [5.41, 5.74) is 0.00556. The van der Waals surface area contributed by atoms with Gasteiger partial charge in [0.25, 0.3) is 6.43 Å². The normalized spacial score (nSPS) is 20.4. The van der Waals surface area contributed by atoms with Gasteiger partial charge in [0.1, 0.15) is 17.4 Å². The fourth-order valence-electron chi connectivity index (χ4n) is 5.26. The Morgan fingerprint density at radius 3 is 2.18 bits per heavy atom. The quantitative estimate of drug-likeness (QED) is 0.370. The minimum absolute atomic E-state index is 0.0802. The molecule has 2 aromatic rings. The van der Waals surface area contributed by atoms with Crippen molar-refractivity contribution < 1.29 is 35.5 Å². The lowest BCUT2D eigenvalue weighted by Crippen LogP contribution is -2.18. The Hall–Kier alpha value is -2.51. The zero-order valence-electron chi connectivity index (χ0n) is 18.6. The van der Waals surface area contributed by atoms with Crippen LogP contribution in [0.2, 0.25) is 0 Å². The molecule has 1 saturated carbocycles. The van der Waals surface area contributed by atoms with Crippen LogP contribution in [0.4, 0.5) is 30.7 Å². The van der Waals surface area contributed by atoms with Gasteiger partial charge in [-0.2, -0.15) is 0 Å². The summed E-state index contributed by atoms with van der Waals surface area (Å²) in [6.07, 6.45) is -1.03. The number of hydrogen-bond acceptors (Lipinski definition) is 1. The molecule has 0 radical (unpaired) electrons. The topological polar surface area (TPSA) is 9.23 Å². The second-order valence-corrected chi connectivity index (χ2v) is 9.15. The lowest BCUT2D eigenvalue weighted by molar-refractivity contribution is -0.275. The van der Waals surface area contributed by atoms with Gasteiger partial charge in [0.2, 0.25) is 0 Å². The Labute approximate surface area is 193 Å². The first-order chi connectivity index (χ1) is 16.1. The molecule has 0 N–H and O–H groups in total. The minimum atomic E-state index is -5.14. The first-order valence-corrected chi connectivity index (χ1v) is 11.5. The first kappa shape index (κ1) is 24.6. The van der Waals surface area contributed by atoms with Crippen molar-refractivity contribution >= 4 is 11.6 Å². The van der Waals surface area contributed by atoms with Crippen LogP contribution in [-0.4, -0.2) is 6.36 Å². The van der Waals surface area contributed by atoms with E-state index in [2.05, 4.69) is 11.7 Å². The highest BCUT2D eigenvalue weighted by Crippen LogP contribution is 2.43. The van der Waals surface area contributed by atoms with Crippen LogP contribution in [0, 0.1) is 17.6 Å². The summed E-state index contributed by atoms with van der Waals surface area (Å²) >= 11 is 0. The highest BCUT2D eigenvalue weighted by atomic mass is 19.4. The van der Waals surface area contributed by atoms with Crippen molar-refractivity contribution in [3.8, 4) is 5.75 Å². The number of halogens is 7. The van der Waals surface area contributed by atoms with Crippen LogP contribution in [0.5, 0.6) is 5.75 Å². The molecule has 0 atom stereocenters. The van der Waals surface area contributed by atoms with E-state index in [4.69, 9.17) is 0 Å². The molecule has 8 heteroatoms. The van der Waals surface area contributed by atoms with Crippen LogP contribution in [-0.2, 0) is 6.42 Å². The molecule has 0 spiro atoms. The van der Waals surface area contributed by atoms with Gasteiger partial charge in [-0.15, -0.1) is 13.2 Å². The van der Waals surface area contributed by atoms with Crippen molar-refractivity contribution in [2.45, 2.75) is 70.6 Å². The summed E-state index contributed by atoms with van der Waals surface area (Å²) in [4.78, 5) is 0. The first-order valence-electron chi connectivity index (χ1n) is 11.5. The van der Waals surface area contributed by atoms with E-state index in [-0.39, 0.29) is 34.6 Å². The average Bonchev–Trinajstić information content (AvgIpc) is 3.14. The Morgan fingerprint density at radius 2 is 1.62 bits per heavy atom. The van der Waals surface area contributed by atoms with E-state index < -0.39 is 35.7 Å². The van der Waals surface area contributed by atoms with Crippen LogP contribution < -0.4 is 4.74 Å². The molecule has 1 nitrogen and oxygen atoms in total. The predicted octanol–water partition coefficient (Wildman–Crippen LogP) is 8.97. The van der Waals surface area contributed by atoms with Gasteiger partial charge in [-0.3, -0.25) is 0 Å². The standard InChI is InChI=1S/C26H25F7O/c1-2-3-14-4-6-15(7-5-14)18-11-21(27)24(22(28)12-18)19-8-16-10-20(25(29)30)23(13-17(16)9-19)34-26(31,32)33/h8,10-15,25H,2-7,9H2,1H3. The summed E-state index contributed by atoms with van der Waals surface area (Å²) in [5, 5.41) is 0. The second-order valence-electron chi connectivity index (χ2n) is 9.15. The van der Waals surface area contributed by atoms with E-state index in [1.54, 1.807) is 0 Å². The van der Waals surface area contributed by atoms with Crippen molar-refractivity contribution in [3.05, 3.63) is 63.7 Å². The lowest BCUT2D eigenvalue weighted by Gasteiger charge is -2.29. The van der Waals surface area contributed by atoms with Gasteiger partial charge in [-0.1, -0.05) is 25.8 Å². The molecule has 4 rings (SSSR count). The highest BCUT2D eigenvalue weighted by Gasteiger charge is 2.34. The predicted molar refractivity (Wildman–Crippen MR) is 116 cm³/mol. The number of hydrogen-bond donors (Lipinski definition) is 0. The molecule has 0 aliphatic heterocycles. The summed E-state index contributed by atoms with van der Waals surface area (Å²) in [6, 6.07) is 4.41. The van der Waals surface area contributed by atoms with Crippen molar-refractivity contribution in [2.24, 2.45) is 5.92 Å². The summed E-state index contributed by atoms with van der Waals surface area (Å²) in [7, 11) is 0. The second kappa shape index (κ2) is 9.62. The third-order valence-electron chi connectivity index (χ3n) is 6.84. The molecule has 0 bridgehead atoms. The van der Waals surface area contributed by atoms with Gasteiger partial charge in [-0.05, 0) is 90.5 Å². The molecule has 34 heavy (non-hydrogen) atoms. The van der Waals surface area contributed by atoms with E-state index in [1.807, 2.05) is 0 Å². The SMILES string of the molecule is CCCC1CCC(c2cc(F)c(C3=Cc4cc(C(F)F)c(OC(F)(F)F)cc4C3)c(F)c2)CC1. The zero-order valence-corrected chi connectivity index (χ0v) is 18.6. The number of rotatable bonds is 6. The van der Waals surface area contributed by atoms with Crippen molar-refractivity contribution in [1.82, 2.24) is 0 Å². The lowest BCUT2D eigenvalue weighted by atomic mass is 9.77. The van der Waals surface area contributed by atoms with Gasteiger partial charge < -0.3 is 4.74 Å². The van der Waals surface area contributed by atoms with Gasteiger partial charge in [0.05, 0.1) is 5.56 Å². The molecular weight excluding hydrogens is 461 g/mol. The van der Waals surface area contributed by atoms with E-state index in [0.29, 0.717) is 11.5 Å². The van der Waals surface area contributed by atoms with Crippen molar-refractivity contribution in [2.75, 3.05) is 0 Å². The zero-order chi connectivity index (χ0) is 24.6. The van der Waals surface area contributed by atoms with E-state index in [1.165, 1.54) is 18.2 Å². The Bertz CT molecular complexity index is 1060. The van der Waals surface area contributed by atoms with Crippen LogP contribution in [0.15, 0.2) is 24.3 Å². The maximum absolute atomic E-state index is 15.1. The van der Waals surface area contributed by atoms with Crippen LogP contribution in [0.25, 0.3) is 11.6 Å². The number of fused-ring (bicyclic) bond motifs is 1. The highest BCUT2D eigenvalue weighted by molar-refractivity contribution is 5.89. The average molecular weight is 486 g/mol. The van der Waals surface area contributed by atoms with Gasteiger partial charge in [-0.25, -0.2) is 17.6 Å². The molecule has 0 saturated heterocycles. The molecule has 0 heterocycles. The summed E-state index contributed by atoms with van der Waals surface area (Å²) < 4.78 is 98.5. The summed E-state index contributed by atoms with van der Waals surface area (Å²) in [5.74, 6) is -1.79. The molecule has 184 valence electrons. The number of alkyl halides is 5. The molecular formula is C26H25F7O. The molecule has 0 unspecified atom stereocenters. The molecule has 2 aliphatic rings. The molecule has 2 aromatic carbocycles. The third-order valence-corrected chi connectivity index (χ3v) is 6.84. The fraction of sp³-hybridized carbons (Fsp3) is 0.462. The Morgan fingerprint density at radius 1 is 0.971 bits per heavy atom. The van der Waals surface area contributed by atoms with Crippen LogP contribution in [0.1, 0.15) is 85.6 Å². The maximum atomic E-state index is 15.1. The van der Waals surface area contributed by atoms with Gasteiger partial charge >= 0.3 is 6.36 Å². The smallest absolute Gasteiger partial charge is 0.405 e. The number of allylic oxidation sites excluding steroid dienone is 1. The summed E-state index contributed by atoms with van der Waals surface area (Å²) in [6.45, 7) is 2.14. The van der Waals surface area contributed by atoms with Gasteiger partial charge in [0, 0.05) is 5.56 Å². The number of ether oxygens (including phenoxy) is 1. The Balaban J connectivity index is 1.59. The van der Waals surface area contributed by atoms with Crippen LogP contribution >= 0.6 is 0 Å². The molecule has 0 aromatic heterocycles. The van der Waals surface area contributed by atoms with E-state index in [0.717, 1.165) is 50.7 Å². The Kier molecular flexibility index (Phi) is 6.97. The molecule has 2 aliphatic carbocycles. The minimum Gasteiger partial charge on any atom is -0.405 e. The third kappa shape index (κ3) is 5.26. The van der Waals surface area contributed by atoms with Gasteiger partial charge in [0.15, 0.2) is 0 Å².